The zero-order valence-electron chi connectivity index (χ0n) is 9.09. The number of hydrogen-bond donors (Lipinski definition) is 0. The van der Waals surface area contributed by atoms with Crippen LogP contribution in [0.3, 0.4) is 0 Å². The van der Waals surface area contributed by atoms with E-state index < -0.39 is 35.8 Å². The summed E-state index contributed by atoms with van der Waals surface area (Å²) in [7, 11) is 0.842. The second-order valence-electron chi connectivity index (χ2n) is 3.04. The van der Waals surface area contributed by atoms with Crippen LogP contribution >= 0.6 is 22.6 Å². The Bertz CT molecular complexity index is 491. The second kappa shape index (κ2) is 5.84. The number of esters is 1. The van der Waals surface area contributed by atoms with Crippen molar-refractivity contribution >= 4 is 28.6 Å². The molecule has 0 N–H and O–H groups in total. The van der Waals surface area contributed by atoms with Crippen LogP contribution in [0.1, 0.15) is 22.5 Å². The third-order valence-electron chi connectivity index (χ3n) is 1.83. The summed E-state index contributed by atoms with van der Waals surface area (Å²) in [6.45, 7) is 0. The third-order valence-corrected chi connectivity index (χ3v) is 2.60. The molecule has 10 heteroatoms. The van der Waals surface area contributed by atoms with Crippen LogP contribution in [0.25, 0.3) is 0 Å². The molecule has 0 bridgehead atoms. The molecular weight excluding hydrogens is 392 g/mol. The largest absolute Gasteiger partial charge is 0.573 e. The molecule has 0 radical (unpaired) electrons. The lowest BCUT2D eigenvalue weighted by molar-refractivity contribution is -0.275. The van der Waals surface area contributed by atoms with Crippen LogP contribution in [-0.2, 0) is 4.74 Å². The smallest absolute Gasteiger partial charge is 0.465 e. The quantitative estimate of drug-likeness (QED) is 0.446. The van der Waals surface area contributed by atoms with E-state index in [0.29, 0.717) is 0 Å². The Labute approximate surface area is 117 Å². The van der Waals surface area contributed by atoms with E-state index >= 15 is 0 Å². The van der Waals surface area contributed by atoms with Gasteiger partial charge in [-0.1, -0.05) is 0 Å². The molecule has 19 heavy (non-hydrogen) atoms. The van der Waals surface area contributed by atoms with Crippen molar-refractivity contribution in [1.29, 1.82) is 0 Å². The third kappa shape index (κ3) is 3.88. The van der Waals surface area contributed by atoms with Crippen molar-refractivity contribution < 1.29 is 36.2 Å². The normalized spacial score (nSPS) is 11.6. The first kappa shape index (κ1) is 15.9. The van der Waals surface area contributed by atoms with Crippen LogP contribution in [0.2, 0.25) is 0 Å². The first-order chi connectivity index (χ1) is 8.67. The highest BCUT2D eigenvalue weighted by molar-refractivity contribution is 14.1. The Hall–Kier alpha value is -1.20. The Morgan fingerprint density at radius 1 is 1.42 bits per heavy atom. The number of halogens is 6. The fourth-order valence-electron chi connectivity index (χ4n) is 1.17. The number of ether oxygens (including phenoxy) is 2. The van der Waals surface area contributed by atoms with Gasteiger partial charge in [0, 0.05) is 6.20 Å². The van der Waals surface area contributed by atoms with E-state index in [9.17, 15) is 26.7 Å². The van der Waals surface area contributed by atoms with Crippen LogP contribution in [-0.4, -0.2) is 24.4 Å². The lowest BCUT2D eigenvalue weighted by Crippen LogP contribution is -2.21. The van der Waals surface area contributed by atoms with Gasteiger partial charge in [-0.3, -0.25) is 4.98 Å². The van der Waals surface area contributed by atoms with Crippen molar-refractivity contribution in [1.82, 2.24) is 4.98 Å². The average molecular weight is 397 g/mol. The number of aromatic nitrogens is 1. The molecule has 4 nitrogen and oxygen atoms in total. The van der Waals surface area contributed by atoms with Gasteiger partial charge in [0.15, 0.2) is 5.75 Å². The number of methoxy groups -OCH3 is 1. The molecule has 1 aromatic heterocycles. The minimum Gasteiger partial charge on any atom is -0.465 e. The van der Waals surface area contributed by atoms with Crippen molar-refractivity contribution in [2.24, 2.45) is 0 Å². The van der Waals surface area contributed by atoms with Gasteiger partial charge in [0.2, 0.25) is 0 Å². The number of rotatable bonds is 3. The van der Waals surface area contributed by atoms with Gasteiger partial charge in [0.1, 0.15) is 11.3 Å². The number of carbonyl (C=O) groups is 1. The Morgan fingerprint density at radius 2 is 2.00 bits per heavy atom. The van der Waals surface area contributed by atoms with Gasteiger partial charge in [0.25, 0.3) is 6.43 Å². The summed E-state index contributed by atoms with van der Waals surface area (Å²) >= 11 is 1.38. The van der Waals surface area contributed by atoms with E-state index in [1.54, 1.807) is 0 Å². The molecule has 0 aliphatic heterocycles. The fraction of sp³-hybridized carbons (Fsp3) is 0.333. The maximum atomic E-state index is 12.7. The van der Waals surface area contributed by atoms with Crippen molar-refractivity contribution in [2.75, 3.05) is 7.11 Å². The number of nitrogens with zero attached hydrogens (tertiary/aromatic N) is 1. The SMILES string of the molecule is COC(=O)c1c(C(F)F)ncc(I)c1OC(F)(F)F. The summed E-state index contributed by atoms with van der Waals surface area (Å²) in [5.74, 6) is -2.44. The van der Waals surface area contributed by atoms with E-state index in [2.05, 4.69) is 14.5 Å². The zero-order chi connectivity index (χ0) is 14.8. The molecule has 0 atom stereocenters. The first-order valence-corrected chi connectivity index (χ1v) is 5.56. The van der Waals surface area contributed by atoms with Gasteiger partial charge in [-0.05, 0) is 22.6 Å². The predicted octanol–water partition coefficient (Wildman–Crippen LogP) is 3.31. The molecule has 0 spiro atoms. The minimum absolute atomic E-state index is 0.250. The number of hydrogen-bond acceptors (Lipinski definition) is 4. The Kier molecular flexibility index (Phi) is 4.87. The van der Waals surface area contributed by atoms with Crippen molar-refractivity contribution in [3.05, 3.63) is 21.0 Å². The second-order valence-corrected chi connectivity index (χ2v) is 4.20. The van der Waals surface area contributed by atoms with E-state index in [4.69, 9.17) is 0 Å². The van der Waals surface area contributed by atoms with Crippen LogP contribution < -0.4 is 4.74 Å². The first-order valence-electron chi connectivity index (χ1n) is 4.48. The summed E-state index contributed by atoms with van der Waals surface area (Å²) in [4.78, 5) is 14.6. The van der Waals surface area contributed by atoms with Gasteiger partial charge in [-0.15, -0.1) is 13.2 Å². The molecule has 0 aromatic carbocycles. The summed E-state index contributed by atoms with van der Waals surface area (Å²) < 4.78 is 69.5. The van der Waals surface area contributed by atoms with Crippen LogP contribution in [0.5, 0.6) is 5.75 Å². The zero-order valence-corrected chi connectivity index (χ0v) is 11.3. The maximum Gasteiger partial charge on any atom is 0.573 e. The molecule has 106 valence electrons. The van der Waals surface area contributed by atoms with Gasteiger partial charge in [-0.25, -0.2) is 13.6 Å². The van der Waals surface area contributed by atoms with E-state index in [1.165, 1.54) is 22.6 Å². The standard InChI is InChI=1S/C9H5F5INO3/c1-18-8(17)4-5(7(10)11)16-2-3(15)6(4)19-9(12,13)14/h2,7H,1H3. The topological polar surface area (TPSA) is 48.4 Å². The van der Waals surface area contributed by atoms with Crippen molar-refractivity contribution in [3.63, 3.8) is 0 Å². The van der Waals surface area contributed by atoms with Gasteiger partial charge in [-0.2, -0.15) is 0 Å². The molecule has 0 unspecified atom stereocenters. The summed E-state index contributed by atoms with van der Waals surface area (Å²) in [5.41, 5.74) is -2.17. The Balaban J connectivity index is 3.49. The van der Waals surface area contributed by atoms with Gasteiger partial charge in [0.05, 0.1) is 10.7 Å². The number of carbonyl (C=O) groups excluding carboxylic acids is 1. The Morgan fingerprint density at radius 3 is 2.42 bits per heavy atom. The molecule has 1 rings (SSSR count). The van der Waals surface area contributed by atoms with Crippen molar-refractivity contribution in [2.45, 2.75) is 12.8 Å². The van der Waals surface area contributed by atoms with Crippen molar-refractivity contribution in [3.8, 4) is 5.75 Å². The molecule has 0 saturated heterocycles. The summed E-state index contributed by atoms with van der Waals surface area (Å²) in [5, 5.41) is 0. The lowest BCUT2D eigenvalue weighted by Gasteiger charge is -2.15. The molecule has 0 fully saturated rings. The molecule has 0 aliphatic rings. The maximum absolute atomic E-state index is 12.7. The molecule has 1 aromatic rings. The van der Waals surface area contributed by atoms with Gasteiger partial charge < -0.3 is 9.47 Å². The minimum atomic E-state index is -5.14. The molecule has 1 heterocycles. The molecule has 0 amide bonds. The van der Waals surface area contributed by atoms with Crippen LogP contribution in [0, 0.1) is 3.57 Å². The summed E-state index contributed by atoms with van der Waals surface area (Å²) in [6.07, 6.45) is -7.64. The van der Waals surface area contributed by atoms with E-state index in [0.717, 1.165) is 13.3 Å². The molecule has 0 aliphatic carbocycles. The van der Waals surface area contributed by atoms with E-state index in [1.807, 2.05) is 0 Å². The summed E-state index contributed by atoms with van der Waals surface area (Å²) in [6, 6.07) is 0. The predicted molar refractivity (Wildman–Crippen MR) is 59.9 cm³/mol. The number of alkyl halides is 5. The molecule has 0 saturated carbocycles. The molecular formula is C9H5F5INO3. The fourth-order valence-corrected chi connectivity index (χ4v) is 1.68. The number of pyridine rings is 1. The highest BCUT2D eigenvalue weighted by Crippen LogP contribution is 2.35. The van der Waals surface area contributed by atoms with Crippen LogP contribution in [0.15, 0.2) is 6.20 Å². The van der Waals surface area contributed by atoms with E-state index in [-0.39, 0.29) is 3.57 Å². The highest BCUT2D eigenvalue weighted by Gasteiger charge is 2.36. The van der Waals surface area contributed by atoms with Crippen LogP contribution in [0.4, 0.5) is 22.0 Å². The highest BCUT2D eigenvalue weighted by atomic mass is 127. The van der Waals surface area contributed by atoms with Gasteiger partial charge >= 0.3 is 12.3 Å². The lowest BCUT2D eigenvalue weighted by atomic mass is 10.2. The monoisotopic (exact) mass is 397 g/mol. The average Bonchev–Trinajstić information content (AvgIpc) is 2.28.